The number of carbonyl (C=O) groups excluding carboxylic acids is 1. The zero-order valence-corrected chi connectivity index (χ0v) is 12.5. The predicted molar refractivity (Wildman–Crippen MR) is 80.4 cm³/mol. The predicted octanol–water partition coefficient (Wildman–Crippen LogP) is 2.67. The molecule has 6 heteroatoms. The van der Waals surface area contributed by atoms with E-state index in [1.807, 2.05) is 0 Å². The highest BCUT2D eigenvalue weighted by Gasteiger charge is 2.17. The lowest BCUT2D eigenvalue weighted by molar-refractivity contribution is 0.0972. The first-order valence-electron chi connectivity index (χ1n) is 7.61. The van der Waals surface area contributed by atoms with Gasteiger partial charge >= 0.3 is 0 Å². The first kappa shape index (κ1) is 15.5. The molecule has 0 radical (unpaired) electrons. The maximum atomic E-state index is 13.6. The monoisotopic (exact) mass is 318 g/mol. The van der Waals surface area contributed by atoms with Gasteiger partial charge in [0.05, 0.1) is 17.6 Å². The number of carbonyl (C=O) groups is 1. The van der Waals surface area contributed by atoms with Crippen LogP contribution in [0.4, 0.5) is 8.78 Å². The van der Waals surface area contributed by atoms with Crippen LogP contribution in [0.3, 0.4) is 0 Å². The van der Waals surface area contributed by atoms with E-state index in [2.05, 4.69) is 4.98 Å². The van der Waals surface area contributed by atoms with Gasteiger partial charge in [-0.1, -0.05) is 0 Å². The number of benzene rings is 1. The Balaban J connectivity index is 1.76. The molecule has 0 bridgehead atoms. The summed E-state index contributed by atoms with van der Waals surface area (Å²) in [6, 6.07) is 2.85. The zero-order chi connectivity index (χ0) is 16.4. The zero-order valence-electron chi connectivity index (χ0n) is 12.5. The van der Waals surface area contributed by atoms with Gasteiger partial charge in [-0.3, -0.25) is 14.2 Å². The summed E-state index contributed by atoms with van der Waals surface area (Å²) in [7, 11) is 0. The lowest BCUT2D eigenvalue weighted by Crippen LogP contribution is -2.28. The number of ketones is 1. The standard InChI is InChI=1S/C17H16F2N2O2/c18-11-5-6-12(14(19)9-11)16(22)7-8-21-10-20-15-4-2-1-3-13(15)17(21)23/h5-6,9-10H,1-4,7-8H2. The molecule has 0 fully saturated rings. The molecule has 0 atom stereocenters. The van der Waals surface area contributed by atoms with Crippen LogP contribution < -0.4 is 5.56 Å². The molecule has 120 valence electrons. The lowest BCUT2D eigenvalue weighted by atomic mass is 9.97. The Morgan fingerprint density at radius 2 is 2.00 bits per heavy atom. The summed E-state index contributed by atoms with van der Waals surface area (Å²) >= 11 is 0. The second-order valence-electron chi connectivity index (χ2n) is 5.67. The minimum atomic E-state index is -0.883. The molecule has 1 aromatic carbocycles. The quantitative estimate of drug-likeness (QED) is 0.815. The summed E-state index contributed by atoms with van der Waals surface area (Å²) in [5.41, 5.74) is 1.28. The number of aromatic nitrogens is 2. The van der Waals surface area contributed by atoms with Crippen molar-refractivity contribution in [3.05, 3.63) is 63.3 Å². The van der Waals surface area contributed by atoms with Crippen molar-refractivity contribution in [3.63, 3.8) is 0 Å². The average molecular weight is 318 g/mol. The third kappa shape index (κ3) is 3.21. The van der Waals surface area contributed by atoms with Crippen LogP contribution in [-0.2, 0) is 19.4 Å². The summed E-state index contributed by atoms with van der Waals surface area (Å²) in [5.74, 6) is -2.08. The molecular weight excluding hydrogens is 302 g/mol. The van der Waals surface area contributed by atoms with Crippen molar-refractivity contribution in [1.82, 2.24) is 9.55 Å². The minimum absolute atomic E-state index is 0.0388. The molecule has 0 unspecified atom stereocenters. The summed E-state index contributed by atoms with van der Waals surface area (Å²) in [5, 5.41) is 0. The van der Waals surface area contributed by atoms with E-state index in [4.69, 9.17) is 0 Å². The van der Waals surface area contributed by atoms with Crippen LogP contribution in [0.2, 0.25) is 0 Å². The van der Waals surface area contributed by atoms with E-state index < -0.39 is 17.4 Å². The second kappa shape index (κ2) is 6.40. The van der Waals surface area contributed by atoms with Gasteiger partial charge < -0.3 is 0 Å². The maximum Gasteiger partial charge on any atom is 0.256 e. The largest absolute Gasteiger partial charge is 0.299 e. The molecule has 0 saturated carbocycles. The average Bonchev–Trinajstić information content (AvgIpc) is 2.54. The molecule has 0 N–H and O–H groups in total. The molecule has 23 heavy (non-hydrogen) atoms. The summed E-state index contributed by atoms with van der Waals surface area (Å²) in [6.07, 6.45) is 4.93. The fraction of sp³-hybridized carbons (Fsp3) is 0.353. The number of hydrogen-bond acceptors (Lipinski definition) is 3. The van der Waals surface area contributed by atoms with Crippen molar-refractivity contribution in [2.24, 2.45) is 0 Å². The van der Waals surface area contributed by atoms with Gasteiger partial charge in [0, 0.05) is 24.6 Å². The molecule has 0 saturated heterocycles. The van der Waals surface area contributed by atoms with Gasteiger partial charge in [0.1, 0.15) is 11.6 Å². The van der Waals surface area contributed by atoms with Gasteiger partial charge in [-0.15, -0.1) is 0 Å². The van der Waals surface area contributed by atoms with Gasteiger partial charge in [0.2, 0.25) is 0 Å². The van der Waals surface area contributed by atoms with Crippen molar-refractivity contribution < 1.29 is 13.6 Å². The van der Waals surface area contributed by atoms with E-state index in [9.17, 15) is 18.4 Å². The number of hydrogen-bond donors (Lipinski definition) is 0. The van der Waals surface area contributed by atoms with Crippen molar-refractivity contribution >= 4 is 5.78 Å². The number of nitrogens with zero attached hydrogens (tertiary/aromatic N) is 2. The smallest absolute Gasteiger partial charge is 0.256 e. The van der Waals surface area contributed by atoms with Gasteiger partial charge in [-0.2, -0.15) is 0 Å². The van der Waals surface area contributed by atoms with Crippen LogP contribution in [0, 0.1) is 11.6 Å². The van der Waals surface area contributed by atoms with E-state index in [-0.39, 0.29) is 24.1 Å². The minimum Gasteiger partial charge on any atom is -0.299 e. The normalized spacial score (nSPS) is 13.7. The van der Waals surface area contributed by atoms with Crippen LogP contribution in [0.15, 0.2) is 29.3 Å². The van der Waals surface area contributed by atoms with Crippen LogP contribution in [-0.4, -0.2) is 15.3 Å². The Morgan fingerprint density at radius 3 is 2.78 bits per heavy atom. The molecule has 0 amide bonds. The molecule has 0 spiro atoms. The maximum absolute atomic E-state index is 13.6. The van der Waals surface area contributed by atoms with Gasteiger partial charge in [0.25, 0.3) is 5.56 Å². The Morgan fingerprint density at radius 1 is 1.22 bits per heavy atom. The van der Waals surface area contributed by atoms with E-state index in [1.165, 1.54) is 10.9 Å². The lowest BCUT2D eigenvalue weighted by Gasteiger charge is -2.15. The molecule has 4 nitrogen and oxygen atoms in total. The van der Waals surface area contributed by atoms with E-state index in [0.717, 1.165) is 42.7 Å². The number of halogens is 2. The van der Waals surface area contributed by atoms with Crippen molar-refractivity contribution in [3.8, 4) is 0 Å². The molecule has 3 rings (SSSR count). The highest BCUT2D eigenvalue weighted by Crippen LogP contribution is 2.16. The van der Waals surface area contributed by atoms with Crippen molar-refractivity contribution in [2.75, 3.05) is 0 Å². The third-order valence-corrected chi connectivity index (χ3v) is 4.12. The number of Topliss-reactive ketones (excluding diaryl/α,β-unsaturated/α-hetero) is 1. The van der Waals surface area contributed by atoms with Gasteiger partial charge in [0.15, 0.2) is 5.78 Å². The summed E-state index contributed by atoms with van der Waals surface area (Å²) < 4.78 is 27.9. The molecule has 1 aromatic heterocycles. The first-order chi connectivity index (χ1) is 11.1. The molecule has 2 aromatic rings. The van der Waals surface area contributed by atoms with Gasteiger partial charge in [-0.25, -0.2) is 13.8 Å². The van der Waals surface area contributed by atoms with Crippen molar-refractivity contribution in [1.29, 1.82) is 0 Å². The molecule has 1 aliphatic rings. The Kier molecular flexibility index (Phi) is 4.32. The molecule has 1 heterocycles. The molecule has 0 aliphatic heterocycles. The Hall–Kier alpha value is -2.37. The molecule has 1 aliphatic carbocycles. The third-order valence-electron chi connectivity index (χ3n) is 4.12. The van der Waals surface area contributed by atoms with E-state index in [1.54, 1.807) is 0 Å². The number of fused-ring (bicyclic) bond motifs is 1. The number of aryl methyl sites for hydroxylation is 2. The van der Waals surface area contributed by atoms with Gasteiger partial charge in [-0.05, 0) is 37.8 Å². The first-order valence-corrected chi connectivity index (χ1v) is 7.61. The number of rotatable bonds is 4. The SMILES string of the molecule is O=C(CCn1cnc2c(c1=O)CCCC2)c1ccc(F)cc1F. The van der Waals surface area contributed by atoms with Crippen LogP contribution in [0.5, 0.6) is 0 Å². The van der Waals surface area contributed by atoms with Crippen LogP contribution in [0.25, 0.3) is 0 Å². The molecular formula is C17H16F2N2O2. The summed E-state index contributed by atoms with van der Waals surface area (Å²) in [6.45, 7) is 0.134. The Bertz CT molecular complexity index is 815. The van der Waals surface area contributed by atoms with E-state index >= 15 is 0 Å². The summed E-state index contributed by atoms with van der Waals surface area (Å²) in [4.78, 5) is 28.7. The Labute approximate surface area is 131 Å². The highest BCUT2D eigenvalue weighted by atomic mass is 19.1. The van der Waals surface area contributed by atoms with Crippen molar-refractivity contribution in [2.45, 2.75) is 38.6 Å². The second-order valence-corrected chi connectivity index (χ2v) is 5.67. The highest BCUT2D eigenvalue weighted by molar-refractivity contribution is 5.96. The fourth-order valence-corrected chi connectivity index (χ4v) is 2.86. The van der Waals surface area contributed by atoms with Crippen LogP contribution >= 0.6 is 0 Å². The van der Waals surface area contributed by atoms with E-state index in [0.29, 0.717) is 12.5 Å². The fourth-order valence-electron chi connectivity index (χ4n) is 2.86. The topological polar surface area (TPSA) is 52.0 Å². The van der Waals surface area contributed by atoms with Crippen LogP contribution in [0.1, 0.15) is 40.9 Å².